The van der Waals surface area contributed by atoms with Crippen LogP contribution in [0.4, 0.5) is 11.5 Å². The van der Waals surface area contributed by atoms with Crippen molar-refractivity contribution in [3.8, 4) is 0 Å². The number of hydrogen-bond acceptors (Lipinski definition) is 4. The molecule has 0 spiro atoms. The van der Waals surface area contributed by atoms with Crippen LogP contribution in [0.3, 0.4) is 0 Å². The van der Waals surface area contributed by atoms with E-state index in [1.165, 1.54) is 6.33 Å². The number of hydrogen-bond donors (Lipinski definition) is 2. The molecular formula is C15H17N3O2. The minimum Gasteiger partial charge on any atom is -0.478 e. The first-order chi connectivity index (χ1) is 9.60. The van der Waals surface area contributed by atoms with Crippen LogP contribution in [0.2, 0.25) is 0 Å². The van der Waals surface area contributed by atoms with E-state index in [1.54, 1.807) is 25.1 Å². The summed E-state index contributed by atoms with van der Waals surface area (Å²) in [4.78, 5) is 19.3. The smallest absolute Gasteiger partial charge is 0.335 e. The van der Waals surface area contributed by atoms with Crippen LogP contribution in [0.25, 0.3) is 0 Å². The van der Waals surface area contributed by atoms with Crippen LogP contribution >= 0.6 is 0 Å². The summed E-state index contributed by atoms with van der Waals surface area (Å²) in [6.45, 7) is 3.88. The number of benzene rings is 1. The second-order valence-electron chi connectivity index (χ2n) is 4.60. The molecule has 5 nitrogen and oxygen atoms in total. The zero-order chi connectivity index (χ0) is 14.5. The summed E-state index contributed by atoms with van der Waals surface area (Å²) < 4.78 is 0. The topological polar surface area (TPSA) is 75.1 Å². The Bertz CT molecular complexity index is 626. The van der Waals surface area contributed by atoms with Crippen molar-refractivity contribution in [3.05, 3.63) is 47.4 Å². The number of aryl methyl sites for hydroxylation is 2. The van der Waals surface area contributed by atoms with E-state index in [-0.39, 0.29) is 0 Å². The van der Waals surface area contributed by atoms with Gasteiger partial charge in [-0.25, -0.2) is 14.8 Å². The molecule has 2 N–H and O–H groups in total. The summed E-state index contributed by atoms with van der Waals surface area (Å²) in [5.41, 5.74) is 2.83. The van der Waals surface area contributed by atoms with Crippen molar-refractivity contribution < 1.29 is 9.90 Å². The number of carboxylic acid groups (broad SMARTS) is 1. The molecule has 0 saturated heterocycles. The third kappa shape index (κ3) is 3.32. The summed E-state index contributed by atoms with van der Waals surface area (Å²) in [6, 6.07) is 7.03. The molecule has 0 fully saturated rings. The minimum absolute atomic E-state index is 0.310. The maximum atomic E-state index is 11.0. The van der Waals surface area contributed by atoms with Gasteiger partial charge in [-0.05, 0) is 37.1 Å². The average Bonchev–Trinajstić information content (AvgIpc) is 2.39. The lowest BCUT2D eigenvalue weighted by molar-refractivity contribution is 0.0696. The van der Waals surface area contributed by atoms with Gasteiger partial charge in [0, 0.05) is 17.4 Å². The maximum absolute atomic E-state index is 11.0. The van der Waals surface area contributed by atoms with E-state index in [9.17, 15) is 4.79 Å². The summed E-state index contributed by atoms with van der Waals surface area (Å²) in [6.07, 6.45) is 3.48. The number of nitrogens with one attached hydrogen (secondary N) is 1. The van der Waals surface area contributed by atoms with Crippen molar-refractivity contribution in [1.29, 1.82) is 0 Å². The Hall–Kier alpha value is -2.43. The Morgan fingerprint density at radius 1 is 1.30 bits per heavy atom. The van der Waals surface area contributed by atoms with E-state index in [2.05, 4.69) is 22.2 Å². The van der Waals surface area contributed by atoms with Crippen molar-refractivity contribution in [2.75, 3.05) is 5.32 Å². The SMILES string of the molecule is CCCc1cc(Nc2ccc(C(=O)O)c(C)c2)ncn1. The molecule has 0 unspecified atom stereocenters. The molecule has 20 heavy (non-hydrogen) atoms. The largest absolute Gasteiger partial charge is 0.478 e. The molecule has 0 bridgehead atoms. The van der Waals surface area contributed by atoms with Crippen LogP contribution < -0.4 is 5.32 Å². The normalized spacial score (nSPS) is 10.3. The van der Waals surface area contributed by atoms with Gasteiger partial charge in [0.2, 0.25) is 0 Å². The molecule has 2 rings (SSSR count). The molecule has 0 radical (unpaired) electrons. The number of carboxylic acids is 1. The van der Waals surface area contributed by atoms with E-state index in [4.69, 9.17) is 5.11 Å². The molecular weight excluding hydrogens is 254 g/mol. The lowest BCUT2D eigenvalue weighted by Gasteiger charge is -2.08. The molecule has 1 heterocycles. The number of aromatic nitrogens is 2. The minimum atomic E-state index is -0.915. The fraction of sp³-hybridized carbons (Fsp3) is 0.267. The van der Waals surface area contributed by atoms with Gasteiger partial charge in [0.15, 0.2) is 0 Å². The molecule has 0 saturated carbocycles. The molecule has 2 aromatic rings. The Kier molecular flexibility index (Phi) is 4.30. The molecule has 5 heteroatoms. The fourth-order valence-corrected chi connectivity index (χ4v) is 1.99. The van der Waals surface area contributed by atoms with Gasteiger partial charge in [0.05, 0.1) is 5.56 Å². The van der Waals surface area contributed by atoms with E-state index in [0.29, 0.717) is 16.9 Å². The number of aromatic carboxylic acids is 1. The van der Waals surface area contributed by atoms with Crippen LogP contribution in [0.15, 0.2) is 30.6 Å². The highest BCUT2D eigenvalue weighted by atomic mass is 16.4. The average molecular weight is 271 g/mol. The van der Waals surface area contributed by atoms with Crippen molar-refractivity contribution in [1.82, 2.24) is 9.97 Å². The number of carbonyl (C=O) groups is 1. The maximum Gasteiger partial charge on any atom is 0.335 e. The predicted molar refractivity (Wildman–Crippen MR) is 77.4 cm³/mol. The lowest BCUT2D eigenvalue weighted by atomic mass is 10.1. The van der Waals surface area contributed by atoms with Crippen molar-refractivity contribution in [2.45, 2.75) is 26.7 Å². The van der Waals surface area contributed by atoms with Gasteiger partial charge in [0.1, 0.15) is 12.1 Å². The Labute approximate surface area is 117 Å². The molecule has 1 aromatic heterocycles. The molecule has 0 aliphatic rings. The second-order valence-corrected chi connectivity index (χ2v) is 4.60. The Balaban J connectivity index is 2.19. The quantitative estimate of drug-likeness (QED) is 0.873. The van der Waals surface area contributed by atoms with Gasteiger partial charge in [-0.1, -0.05) is 13.3 Å². The van der Waals surface area contributed by atoms with Crippen LogP contribution in [-0.4, -0.2) is 21.0 Å². The van der Waals surface area contributed by atoms with Crippen molar-refractivity contribution in [3.63, 3.8) is 0 Å². The zero-order valence-electron chi connectivity index (χ0n) is 11.6. The van der Waals surface area contributed by atoms with Crippen LogP contribution in [0.1, 0.15) is 35.0 Å². The van der Waals surface area contributed by atoms with Crippen LogP contribution in [-0.2, 0) is 6.42 Å². The van der Waals surface area contributed by atoms with Gasteiger partial charge in [-0.2, -0.15) is 0 Å². The van der Waals surface area contributed by atoms with E-state index in [1.807, 2.05) is 6.07 Å². The fourth-order valence-electron chi connectivity index (χ4n) is 1.99. The monoisotopic (exact) mass is 271 g/mol. The first kappa shape index (κ1) is 14.0. The molecule has 104 valence electrons. The molecule has 0 aliphatic heterocycles. The van der Waals surface area contributed by atoms with Gasteiger partial charge in [-0.3, -0.25) is 0 Å². The van der Waals surface area contributed by atoms with Crippen molar-refractivity contribution >= 4 is 17.5 Å². The van der Waals surface area contributed by atoms with Crippen molar-refractivity contribution in [2.24, 2.45) is 0 Å². The summed E-state index contributed by atoms with van der Waals surface area (Å²) in [5, 5.41) is 12.2. The van der Waals surface area contributed by atoms with Gasteiger partial charge < -0.3 is 10.4 Å². The third-order valence-electron chi connectivity index (χ3n) is 2.96. The Morgan fingerprint density at radius 3 is 2.75 bits per heavy atom. The van der Waals surface area contributed by atoms with Crippen LogP contribution in [0.5, 0.6) is 0 Å². The highest BCUT2D eigenvalue weighted by Crippen LogP contribution is 2.19. The molecule has 0 aliphatic carbocycles. The summed E-state index contributed by atoms with van der Waals surface area (Å²) in [5.74, 6) is -0.202. The van der Waals surface area contributed by atoms with E-state index < -0.39 is 5.97 Å². The van der Waals surface area contributed by atoms with Gasteiger partial charge in [0.25, 0.3) is 0 Å². The molecule has 1 aromatic carbocycles. The first-order valence-electron chi connectivity index (χ1n) is 6.52. The summed E-state index contributed by atoms with van der Waals surface area (Å²) >= 11 is 0. The number of anilines is 2. The number of nitrogens with zero attached hydrogens (tertiary/aromatic N) is 2. The predicted octanol–water partition coefficient (Wildman–Crippen LogP) is 3.18. The lowest BCUT2D eigenvalue weighted by Crippen LogP contribution is -2.01. The summed E-state index contributed by atoms with van der Waals surface area (Å²) in [7, 11) is 0. The van der Waals surface area contributed by atoms with Crippen LogP contribution in [0, 0.1) is 6.92 Å². The molecule has 0 amide bonds. The van der Waals surface area contributed by atoms with E-state index >= 15 is 0 Å². The first-order valence-corrected chi connectivity index (χ1v) is 6.52. The highest BCUT2D eigenvalue weighted by Gasteiger charge is 2.07. The molecule has 0 atom stereocenters. The second kappa shape index (κ2) is 6.14. The van der Waals surface area contributed by atoms with Gasteiger partial charge in [-0.15, -0.1) is 0 Å². The standard InChI is InChI=1S/C15H17N3O2/c1-3-4-11-8-14(17-9-16-11)18-12-5-6-13(15(19)20)10(2)7-12/h5-9H,3-4H2,1-2H3,(H,19,20)(H,16,17,18). The van der Waals surface area contributed by atoms with E-state index in [0.717, 1.165) is 24.2 Å². The number of rotatable bonds is 5. The zero-order valence-corrected chi connectivity index (χ0v) is 11.6. The Morgan fingerprint density at radius 2 is 2.10 bits per heavy atom. The van der Waals surface area contributed by atoms with Gasteiger partial charge >= 0.3 is 5.97 Å². The third-order valence-corrected chi connectivity index (χ3v) is 2.96. The highest BCUT2D eigenvalue weighted by molar-refractivity contribution is 5.90.